The van der Waals surface area contributed by atoms with Crippen molar-refractivity contribution in [1.82, 2.24) is 16.0 Å². The van der Waals surface area contributed by atoms with E-state index in [1.165, 1.54) is 13.0 Å². The number of carbonyl (C=O) groups excluding carboxylic acids is 3. The Morgan fingerprint density at radius 3 is 2.25 bits per heavy atom. The van der Waals surface area contributed by atoms with Crippen molar-refractivity contribution in [2.24, 2.45) is 0 Å². The number of carbonyl (C=O) groups is 4. The first-order valence-electron chi connectivity index (χ1n) is 8.53. The van der Waals surface area contributed by atoms with Gasteiger partial charge in [-0.15, -0.1) is 0 Å². The van der Waals surface area contributed by atoms with E-state index in [0.717, 1.165) is 0 Å². The summed E-state index contributed by atoms with van der Waals surface area (Å²) in [7, 11) is 0. The van der Waals surface area contributed by atoms with Crippen molar-refractivity contribution in [3.05, 3.63) is 41.6 Å². The number of carboxylic acid groups (broad SMARTS) is 1. The van der Waals surface area contributed by atoms with Crippen molar-refractivity contribution < 1.29 is 29.0 Å². The Hall–Kier alpha value is -3.36. The van der Waals surface area contributed by atoms with E-state index in [0.29, 0.717) is 5.56 Å². The van der Waals surface area contributed by atoms with Gasteiger partial charge in [-0.3, -0.25) is 9.59 Å². The van der Waals surface area contributed by atoms with Gasteiger partial charge in [-0.05, 0) is 32.4 Å². The zero-order valence-electron chi connectivity index (χ0n) is 16.2. The molecule has 0 saturated carbocycles. The van der Waals surface area contributed by atoms with Crippen LogP contribution in [0.2, 0.25) is 0 Å². The fraction of sp³-hybridized carbons (Fsp3) is 0.368. The first-order valence-corrected chi connectivity index (χ1v) is 8.53. The number of ether oxygens (including phenoxy) is 1. The number of nitrogens with one attached hydrogen (secondary N) is 3. The van der Waals surface area contributed by atoms with Crippen LogP contribution in [0.1, 0.15) is 33.3 Å². The molecule has 4 N–H and O–H groups in total. The molecule has 0 radical (unpaired) electrons. The molecule has 152 valence electrons. The second kappa shape index (κ2) is 10.1. The predicted octanol–water partition coefficient (Wildman–Crippen LogP) is 1.26. The van der Waals surface area contributed by atoms with Crippen LogP contribution in [0, 0.1) is 0 Å². The molecular formula is C19H25N3O6. The van der Waals surface area contributed by atoms with Crippen molar-refractivity contribution in [2.75, 3.05) is 6.54 Å². The third kappa shape index (κ3) is 8.84. The fourth-order valence-electron chi connectivity index (χ4n) is 2.00. The lowest BCUT2D eigenvalue weighted by Crippen LogP contribution is -2.50. The molecule has 1 rings (SSSR count). The number of aliphatic carboxylic acids is 1. The highest BCUT2D eigenvalue weighted by molar-refractivity contribution is 6.01. The number of carboxylic acids is 1. The van der Waals surface area contributed by atoms with E-state index in [2.05, 4.69) is 16.0 Å². The summed E-state index contributed by atoms with van der Waals surface area (Å²) in [5.74, 6) is -2.51. The highest BCUT2D eigenvalue weighted by Crippen LogP contribution is 2.07. The van der Waals surface area contributed by atoms with Crippen LogP contribution in [-0.4, -0.2) is 47.2 Å². The van der Waals surface area contributed by atoms with Gasteiger partial charge in [0, 0.05) is 13.5 Å². The maximum absolute atomic E-state index is 12.4. The van der Waals surface area contributed by atoms with Gasteiger partial charge in [-0.2, -0.15) is 0 Å². The lowest BCUT2D eigenvalue weighted by molar-refractivity contribution is -0.139. The summed E-state index contributed by atoms with van der Waals surface area (Å²) in [6, 6.07) is 7.39. The van der Waals surface area contributed by atoms with Gasteiger partial charge in [0.05, 0.1) is 0 Å². The van der Waals surface area contributed by atoms with Crippen molar-refractivity contribution >= 4 is 30.0 Å². The van der Waals surface area contributed by atoms with Crippen molar-refractivity contribution in [2.45, 2.75) is 39.3 Å². The topological polar surface area (TPSA) is 134 Å². The molecule has 0 aliphatic heterocycles. The van der Waals surface area contributed by atoms with Gasteiger partial charge >= 0.3 is 12.1 Å². The van der Waals surface area contributed by atoms with E-state index < -0.39 is 42.1 Å². The van der Waals surface area contributed by atoms with Crippen molar-refractivity contribution in [3.8, 4) is 0 Å². The minimum absolute atomic E-state index is 0.0555. The van der Waals surface area contributed by atoms with E-state index >= 15 is 0 Å². The van der Waals surface area contributed by atoms with Crippen LogP contribution >= 0.6 is 0 Å². The number of benzene rings is 1. The van der Waals surface area contributed by atoms with Gasteiger partial charge < -0.3 is 25.8 Å². The van der Waals surface area contributed by atoms with E-state index in [1.54, 1.807) is 51.1 Å². The minimum atomic E-state index is -1.41. The highest BCUT2D eigenvalue weighted by Gasteiger charge is 2.25. The van der Waals surface area contributed by atoms with Crippen LogP contribution in [0.4, 0.5) is 4.79 Å². The predicted molar refractivity (Wildman–Crippen MR) is 102 cm³/mol. The van der Waals surface area contributed by atoms with Crippen LogP contribution in [0.3, 0.4) is 0 Å². The summed E-state index contributed by atoms with van der Waals surface area (Å²) in [6.07, 6.45) is 0.532. The van der Waals surface area contributed by atoms with Crippen molar-refractivity contribution in [3.63, 3.8) is 0 Å². The maximum Gasteiger partial charge on any atom is 0.408 e. The molecule has 1 aromatic carbocycles. The molecule has 0 fully saturated rings. The van der Waals surface area contributed by atoms with Crippen LogP contribution in [-0.2, 0) is 19.1 Å². The van der Waals surface area contributed by atoms with Gasteiger partial charge in [-0.25, -0.2) is 9.59 Å². The van der Waals surface area contributed by atoms with Gasteiger partial charge in [0.25, 0.3) is 5.91 Å². The smallest absolute Gasteiger partial charge is 0.408 e. The maximum atomic E-state index is 12.4. The summed E-state index contributed by atoms with van der Waals surface area (Å²) < 4.78 is 5.01. The summed E-state index contributed by atoms with van der Waals surface area (Å²) in [5, 5.41) is 16.2. The number of alkyl carbamates (subject to hydrolysis) is 1. The Morgan fingerprint density at radius 1 is 1.14 bits per heavy atom. The van der Waals surface area contributed by atoms with E-state index in [1.807, 2.05) is 0 Å². The van der Waals surface area contributed by atoms with Crippen molar-refractivity contribution in [1.29, 1.82) is 0 Å². The molecule has 0 saturated heterocycles. The molecule has 0 aliphatic rings. The SMILES string of the molecule is CC(=O)N/C(=C\c1ccccc1)C(=O)NC[C@H](NC(=O)OC(C)(C)C)C(=O)O. The van der Waals surface area contributed by atoms with Crippen LogP contribution < -0.4 is 16.0 Å². The second-order valence-electron chi connectivity index (χ2n) is 6.90. The normalized spacial score (nSPS) is 12.5. The summed E-state index contributed by atoms with van der Waals surface area (Å²) in [4.78, 5) is 46.9. The van der Waals surface area contributed by atoms with Crippen LogP contribution in [0.25, 0.3) is 6.08 Å². The Kier molecular flexibility index (Phi) is 8.18. The summed E-state index contributed by atoms with van der Waals surface area (Å²) >= 11 is 0. The average Bonchev–Trinajstić information content (AvgIpc) is 2.56. The quantitative estimate of drug-likeness (QED) is 0.517. The zero-order valence-corrected chi connectivity index (χ0v) is 16.2. The first kappa shape index (κ1) is 22.7. The molecule has 0 aromatic heterocycles. The lowest BCUT2D eigenvalue weighted by Gasteiger charge is -2.22. The van der Waals surface area contributed by atoms with Gasteiger partial charge in [0.15, 0.2) is 0 Å². The largest absolute Gasteiger partial charge is 0.480 e. The van der Waals surface area contributed by atoms with Gasteiger partial charge in [0.1, 0.15) is 17.3 Å². The summed E-state index contributed by atoms with van der Waals surface area (Å²) in [6.45, 7) is 5.75. The Balaban J connectivity index is 2.82. The Labute approximate surface area is 163 Å². The zero-order chi connectivity index (χ0) is 21.3. The van der Waals surface area contributed by atoms with Crippen LogP contribution in [0.5, 0.6) is 0 Å². The fourth-order valence-corrected chi connectivity index (χ4v) is 2.00. The average molecular weight is 391 g/mol. The molecule has 9 nitrogen and oxygen atoms in total. The Morgan fingerprint density at radius 2 is 1.75 bits per heavy atom. The van der Waals surface area contributed by atoms with E-state index in [9.17, 15) is 24.3 Å². The highest BCUT2D eigenvalue weighted by atomic mass is 16.6. The molecule has 0 bridgehead atoms. The van der Waals surface area contributed by atoms with Gasteiger partial charge in [-0.1, -0.05) is 30.3 Å². The minimum Gasteiger partial charge on any atom is -0.480 e. The third-order valence-corrected chi connectivity index (χ3v) is 3.12. The molecule has 28 heavy (non-hydrogen) atoms. The molecular weight excluding hydrogens is 366 g/mol. The number of hydrogen-bond donors (Lipinski definition) is 4. The van der Waals surface area contributed by atoms with Crippen LogP contribution in [0.15, 0.2) is 36.0 Å². The standard InChI is InChI=1S/C19H25N3O6/c1-12(23)21-14(10-13-8-6-5-7-9-13)16(24)20-11-15(17(25)26)22-18(27)28-19(2,3)4/h5-10,15H,11H2,1-4H3,(H,20,24)(H,21,23)(H,22,27)(H,25,26)/b14-10-/t15-/m0/s1. The van der Waals surface area contributed by atoms with Gasteiger partial charge in [0.2, 0.25) is 5.91 Å². The number of amides is 3. The van der Waals surface area contributed by atoms with E-state index in [4.69, 9.17) is 4.74 Å². The molecule has 0 unspecified atom stereocenters. The molecule has 1 aromatic rings. The summed E-state index contributed by atoms with van der Waals surface area (Å²) in [5.41, 5.74) is -0.184. The van der Waals surface area contributed by atoms with E-state index in [-0.39, 0.29) is 5.70 Å². The third-order valence-electron chi connectivity index (χ3n) is 3.12. The molecule has 0 spiro atoms. The first-order chi connectivity index (χ1) is 13.0. The number of hydrogen-bond acceptors (Lipinski definition) is 5. The second-order valence-corrected chi connectivity index (χ2v) is 6.90. The molecule has 0 heterocycles. The molecule has 0 aliphatic carbocycles. The molecule has 3 amide bonds. The molecule has 9 heteroatoms. The monoisotopic (exact) mass is 391 g/mol. The number of rotatable bonds is 7. The Bertz CT molecular complexity index is 753. The molecule has 1 atom stereocenters. The lowest BCUT2D eigenvalue weighted by atomic mass is 10.2.